The van der Waals surface area contributed by atoms with Crippen molar-refractivity contribution in [1.82, 2.24) is 24.4 Å². The number of rotatable bonds is 6. The van der Waals surface area contributed by atoms with Crippen LogP contribution in [0, 0.1) is 18.6 Å². The first-order chi connectivity index (χ1) is 21.6. The highest BCUT2D eigenvalue weighted by atomic mass is 35.5. The lowest BCUT2D eigenvalue weighted by Crippen LogP contribution is -2.27. The number of aryl methyl sites for hydroxylation is 1. The van der Waals surface area contributed by atoms with E-state index in [1.165, 1.54) is 6.92 Å². The van der Waals surface area contributed by atoms with E-state index in [9.17, 15) is 49.1 Å². The van der Waals surface area contributed by atoms with Crippen LogP contribution < -0.4 is 16.3 Å². The van der Waals surface area contributed by atoms with Crippen LogP contribution in [-0.2, 0) is 12.7 Å². The molecule has 1 amide bonds. The van der Waals surface area contributed by atoms with Gasteiger partial charge in [0.15, 0.2) is 0 Å². The third-order valence-corrected chi connectivity index (χ3v) is 7.64. The number of anilines is 2. The molecule has 0 saturated carbocycles. The number of benzene rings is 3. The number of carbonyl (C=O) groups is 1. The molecule has 0 bridgehead atoms. The van der Waals surface area contributed by atoms with Crippen LogP contribution in [0.5, 0.6) is 0 Å². The summed E-state index contributed by atoms with van der Waals surface area (Å²) in [5, 5.41) is 4.52. The Hall–Kier alpha value is -4.80. The van der Waals surface area contributed by atoms with Gasteiger partial charge in [0, 0.05) is 27.2 Å². The van der Waals surface area contributed by atoms with Gasteiger partial charge in [0.25, 0.3) is 12.3 Å². The lowest BCUT2D eigenvalue weighted by Gasteiger charge is -2.20. The minimum atomic E-state index is -5.06. The van der Waals surface area contributed by atoms with E-state index in [1.54, 1.807) is 0 Å². The molecular formula is C28H16ClF9N6O2. The lowest BCUT2D eigenvalue weighted by molar-refractivity contribution is -0.136. The normalized spacial score (nSPS) is 15.0. The average molecular weight is 675 g/mol. The molecule has 0 spiro atoms. The molecule has 1 atom stereocenters. The van der Waals surface area contributed by atoms with Gasteiger partial charge >= 0.3 is 18.4 Å². The molecule has 3 heterocycles. The molecule has 240 valence electrons. The van der Waals surface area contributed by atoms with E-state index in [1.807, 2.05) is 0 Å². The standard InChI is InChI=1S/C28H16ClF9N6O2/c1-9-39-21-13(5-11(31)6-14(21)28(36,37)38)24(40-9)41-16-7-17-23(44(26(34)35)27(46)43(17)8-18(32)33)20-19(16)22(42-25(20)45)12-4-10(30)2-3-15(12)29/h2-7,18,22,26H,8H2,1H3,(H,42,45)(H,39,40,41). The highest BCUT2D eigenvalue weighted by molar-refractivity contribution is 6.31. The molecule has 0 fully saturated rings. The maximum Gasteiger partial charge on any atom is 0.418 e. The molecule has 0 saturated heterocycles. The Balaban J connectivity index is 1.72. The molecule has 3 aromatic carbocycles. The van der Waals surface area contributed by atoms with Gasteiger partial charge in [-0.3, -0.25) is 9.36 Å². The molecule has 18 heteroatoms. The molecule has 8 nitrogen and oxygen atoms in total. The summed E-state index contributed by atoms with van der Waals surface area (Å²) in [6.07, 6.45) is -8.28. The van der Waals surface area contributed by atoms with Crippen LogP contribution in [-0.4, -0.2) is 31.4 Å². The van der Waals surface area contributed by atoms with E-state index in [2.05, 4.69) is 20.6 Å². The van der Waals surface area contributed by atoms with Gasteiger partial charge in [-0.1, -0.05) is 11.6 Å². The van der Waals surface area contributed by atoms with Crippen molar-refractivity contribution in [3.05, 3.63) is 91.6 Å². The fourth-order valence-electron chi connectivity index (χ4n) is 5.57. The molecule has 6 rings (SSSR count). The van der Waals surface area contributed by atoms with Crippen molar-refractivity contribution in [3.63, 3.8) is 0 Å². The van der Waals surface area contributed by atoms with Crippen LogP contribution >= 0.6 is 11.6 Å². The Bertz CT molecular complexity index is 2150. The molecule has 0 aliphatic carbocycles. The number of alkyl halides is 7. The summed E-state index contributed by atoms with van der Waals surface area (Å²) in [4.78, 5) is 34.3. The van der Waals surface area contributed by atoms with Gasteiger partial charge in [0.1, 0.15) is 23.3 Å². The second-order valence-electron chi connectivity index (χ2n) is 10.2. The van der Waals surface area contributed by atoms with Crippen LogP contribution in [0.4, 0.5) is 51.0 Å². The molecule has 1 aliphatic heterocycles. The molecule has 5 aromatic rings. The summed E-state index contributed by atoms with van der Waals surface area (Å²) in [5.74, 6) is -3.93. The molecule has 0 radical (unpaired) electrons. The van der Waals surface area contributed by atoms with Crippen LogP contribution in [0.15, 0.2) is 41.2 Å². The number of imidazole rings is 1. The number of carbonyl (C=O) groups excluding carboxylic acids is 1. The van der Waals surface area contributed by atoms with Crippen LogP contribution in [0.1, 0.15) is 45.5 Å². The molecule has 2 N–H and O–H groups in total. The number of halogens is 10. The number of nitrogens with zero attached hydrogens (tertiary/aromatic N) is 4. The summed E-state index contributed by atoms with van der Waals surface area (Å²) < 4.78 is 126. The predicted molar refractivity (Wildman–Crippen MR) is 147 cm³/mol. The maximum atomic E-state index is 14.5. The van der Waals surface area contributed by atoms with Gasteiger partial charge in [0.05, 0.1) is 40.3 Å². The van der Waals surface area contributed by atoms with E-state index >= 15 is 0 Å². The second-order valence-corrected chi connectivity index (χ2v) is 10.6. The summed E-state index contributed by atoms with van der Waals surface area (Å²) in [5.41, 5.74) is -6.38. The first-order valence-electron chi connectivity index (χ1n) is 13.0. The van der Waals surface area contributed by atoms with Crippen molar-refractivity contribution < 1.29 is 44.3 Å². The number of hydrogen-bond acceptors (Lipinski definition) is 5. The third-order valence-electron chi connectivity index (χ3n) is 7.30. The molecular weight excluding hydrogens is 659 g/mol. The number of hydrogen-bond donors (Lipinski definition) is 2. The quantitative estimate of drug-likeness (QED) is 0.185. The Labute approximate surface area is 255 Å². The lowest BCUT2D eigenvalue weighted by atomic mass is 9.95. The van der Waals surface area contributed by atoms with Crippen molar-refractivity contribution >= 4 is 50.9 Å². The fourth-order valence-corrected chi connectivity index (χ4v) is 5.80. The van der Waals surface area contributed by atoms with E-state index in [-0.39, 0.29) is 38.3 Å². The smallest absolute Gasteiger partial charge is 0.341 e. The topological polar surface area (TPSA) is 93.8 Å². The molecule has 1 aliphatic rings. The fraction of sp³-hybridized carbons (Fsp3) is 0.214. The summed E-state index contributed by atoms with van der Waals surface area (Å²) in [6.45, 7) is -3.76. The summed E-state index contributed by atoms with van der Waals surface area (Å²) in [7, 11) is 0. The number of aromatic nitrogens is 4. The minimum Gasteiger partial charge on any atom is -0.341 e. The van der Waals surface area contributed by atoms with E-state index in [0.29, 0.717) is 10.6 Å². The Morgan fingerprint density at radius 2 is 1.74 bits per heavy atom. The largest absolute Gasteiger partial charge is 0.418 e. The van der Waals surface area contributed by atoms with Crippen LogP contribution in [0.2, 0.25) is 5.02 Å². The SMILES string of the molecule is Cc1nc(Nc2cc3c(c4c2C(c2cc(F)ccc2Cl)NC4=O)n(C(F)F)c(=O)n3CC(F)F)c2cc(F)cc(C(F)(F)F)c2n1. The van der Waals surface area contributed by atoms with Gasteiger partial charge in [-0.15, -0.1) is 0 Å². The zero-order chi connectivity index (χ0) is 33.4. The minimum absolute atomic E-state index is 0.0942. The number of amides is 1. The third kappa shape index (κ3) is 5.07. The van der Waals surface area contributed by atoms with Crippen molar-refractivity contribution in [2.75, 3.05) is 5.32 Å². The van der Waals surface area contributed by atoms with Gasteiger partial charge in [-0.05, 0) is 43.3 Å². The molecule has 46 heavy (non-hydrogen) atoms. The van der Waals surface area contributed by atoms with Crippen LogP contribution in [0.3, 0.4) is 0 Å². The average Bonchev–Trinajstić information content (AvgIpc) is 3.43. The van der Waals surface area contributed by atoms with Crippen molar-refractivity contribution in [2.45, 2.75) is 38.7 Å². The van der Waals surface area contributed by atoms with Crippen molar-refractivity contribution in [3.8, 4) is 0 Å². The monoisotopic (exact) mass is 674 g/mol. The summed E-state index contributed by atoms with van der Waals surface area (Å²) >= 11 is 6.30. The van der Waals surface area contributed by atoms with E-state index in [4.69, 9.17) is 11.6 Å². The highest BCUT2D eigenvalue weighted by Crippen LogP contribution is 2.45. The van der Waals surface area contributed by atoms with Crippen molar-refractivity contribution in [1.29, 1.82) is 0 Å². The van der Waals surface area contributed by atoms with E-state index in [0.717, 1.165) is 24.3 Å². The van der Waals surface area contributed by atoms with Gasteiger partial charge in [-0.25, -0.2) is 36.9 Å². The summed E-state index contributed by atoms with van der Waals surface area (Å²) in [6, 6.07) is 3.48. The van der Waals surface area contributed by atoms with Crippen LogP contribution in [0.25, 0.3) is 21.9 Å². The molecule has 1 unspecified atom stereocenters. The Kier molecular flexibility index (Phi) is 7.41. The van der Waals surface area contributed by atoms with Gasteiger partial charge in [-0.2, -0.15) is 22.0 Å². The predicted octanol–water partition coefficient (Wildman–Crippen LogP) is 7.24. The Morgan fingerprint density at radius 3 is 2.39 bits per heavy atom. The zero-order valence-electron chi connectivity index (χ0n) is 22.8. The van der Waals surface area contributed by atoms with Crippen molar-refractivity contribution in [2.24, 2.45) is 0 Å². The van der Waals surface area contributed by atoms with Gasteiger partial charge in [0.2, 0.25) is 0 Å². The van der Waals surface area contributed by atoms with Gasteiger partial charge < -0.3 is 10.6 Å². The molecule has 2 aromatic heterocycles. The first-order valence-corrected chi connectivity index (χ1v) is 13.4. The Morgan fingerprint density at radius 1 is 1.02 bits per heavy atom. The highest BCUT2D eigenvalue weighted by Gasteiger charge is 2.40. The number of fused-ring (bicyclic) bond motifs is 4. The first kappa shape index (κ1) is 31.2. The zero-order valence-corrected chi connectivity index (χ0v) is 23.5. The second kappa shape index (κ2) is 10.9. The van der Waals surface area contributed by atoms with E-state index < -0.39 is 93.9 Å². The maximum absolute atomic E-state index is 14.5. The number of nitrogens with one attached hydrogen (secondary N) is 2.